The first-order valence-corrected chi connectivity index (χ1v) is 12.2. The molecule has 2 heterocycles. The Balaban J connectivity index is 1.21. The molecule has 0 unspecified atom stereocenters. The van der Waals surface area contributed by atoms with Crippen molar-refractivity contribution in [2.45, 2.75) is 76.4 Å². The van der Waals surface area contributed by atoms with Gasteiger partial charge in [-0.05, 0) is 61.1 Å². The monoisotopic (exact) mass is 424 g/mol. The highest BCUT2D eigenvalue weighted by Crippen LogP contribution is 2.39. The van der Waals surface area contributed by atoms with Crippen molar-refractivity contribution in [2.24, 2.45) is 18.9 Å². The van der Waals surface area contributed by atoms with Crippen molar-refractivity contribution in [2.75, 3.05) is 18.0 Å². The molecule has 2 aliphatic carbocycles. The van der Waals surface area contributed by atoms with Crippen LogP contribution in [0.3, 0.4) is 0 Å². The van der Waals surface area contributed by atoms with Crippen molar-refractivity contribution in [1.29, 1.82) is 0 Å². The summed E-state index contributed by atoms with van der Waals surface area (Å²) < 4.78 is 8.20. The molecule has 0 spiro atoms. The van der Waals surface area contributed by atoms with E-state index in [-0.39, 0.29) is 6.10 Å². The molecule has 1 aromatic heterocycles. The molecule has 4 atom stereocenters. The highest BCUT2D eigenvalue weighted by Gasteiger charge is 2.43. The predicted octanol–water partition coefficient (Wildman–Crippen LogP) is 4.08. The zero-order chi connectivity index (χ0) is 21.4. The van der Waals surface area contributed by atoms with Gasteiger partial charge in [-0.25, -0.2) is 4.68 Å². The Kier molecular flexibility index (Phi) is 5.91. The topological polar surface area (TPSA) is 63.4 Å². The van der Waals surface area contributed by atoms with Crippen LogP contribution in [0.25, 0.3) is 0 Å². The van der Waals surface area contributed by atoms with Gasteiger partial charge in [-0.2, -0.15) is 10.1 Å². The molecule has 3 aliphatic rings. The van der Waals surface area contributed by atoms with Crippen LogP contribution < -0.4 is 9.64 Å². The van der Waals surface area contributed by atoms with E-state index >= 15 is 0 Å². The molecule has 1 aliphatic heterocycles. The van der Waals surface area contributed by atoms with E-state index in [1.54, 1.807) is 0 Å². The number of hydrogen-bond donors (Lipinski definition) is 1. The number of fused-ring (bicyclic) bond motifs is 1. The standard InChI is InChI=1S/C25H36N4O2/c1-3-24-26-25(28(2)27-24)29-15-19-13-22(30)23(14-20(19)16-29)31-21-11-9-18(10-12-21)17-7-5-4-6-8-17/h9-12,17,19-20,22-23,30H,3-8,13-16H2,1-2H3/t19-,20+,22+,23+/m0/s1. The summed E-state index contributed by atoms with van der Waals surface area (Å²) in [7, 11) is 1.97. The summed E-state index contributed by atoms with van der Waals surface area (Å²) in [6.07, 6.45) is 8.71. The number of nitrogens with zero attached hydrogens (tertiary/aromatic N) is 4. The van der Waals surface area contributed by atoms with Gasteiger partial charge in [-0.15, -0.1) is 0 Å². The summed E-state index contributed by atoms with van der Waals surface area (Å²) in [4.78, 5) is 7.05. The first-order chi connectivity index (χ1) is 15.1. The molecule has 2 saturated carbocycles. The first kappa shape index (κ1) is 20.8. The maximum absolute atomic E-state index is 10.8. The van der Waals surface area contributed by atoms with E-state index in [0.29, 0.717) is 17.8 Å². The zero-order valence-corrected chi connectivity index (χ0v) is 18.9. The summed E-state index contributed by atoms with van der Waals surface area (Å²) in [5, 5.41) is 15.3. The average molecular weight is 425 g/mol. The number of rotatable bonds is 5. The summed E-state index contributed by atoms with van der Waals surface area (Å²) in [5.41, 5.74) is 1.44. The second-order valence-corrected chi connectivity index (χ2v) is 9.83. The van der Waals surface area contributed by atoms with E-state index in [2.05, 4.69) is 41.2 Å². The van der Waals surface area contributed by atoms with Gasteiger partial charge in [-0.3, -0.25) is 0 Å². The first-order valence-electron chi connectivity index (χ1n) is 12.2. The minimum atomic E-state index is -0.412. The smallest absolute Gasteiger partial charge is 0.223 e. The Hall–Kier alpha value is -2.08. The number of aryl methyl sites for hydroxylation is 2. The number of ether oxygens (including phenoxy) is 1. The van der Waals surface area contributed by atoms with E-state index < -0.39 is 6.10 Å². The van der Waals surface area contributed by atoms with Gasteiger partial charge >= 0.3 is 0 Å². The Morgan fingerprint density at radius 3 is 2.42 bits per heavy atom. The van der Waals surface area contributed by atoms with Gasteiger partial charge in [0, 0.05) is 26.6 Å². The summed E-state index contributed by atoms with van der Waals surface area (Å²) in [6, 6.07) is 8.69. The molecule has 1 aromatic carbocycles. The fourth-order valence-electron chi connectivity index (χ4n) is 5.96. The Labute approximate surface area is 185 Å². The van der Waals surface area contributed by atoms with Crippen molar-refractivity contribution in [3.8, 4) is 5.75 Å². The van der Waals surface area contributed by atoms with E-state index in [1.807, 2.05) is 11.7 Å². The van der Waals surface area contributed by atoms with Gasteiger partial charge in [0.15, 0.2) is 5.82 Å². The molecule has 0 amide bonds. The van der Waals surface area contributed by atoms with Crippen LogP contribution in [0.4, 0.5) is 5.95 Å². The van der Waals surface area contributed by atoms with Crippen molar-refractivity contribution >= 4 is 5.95 Å². The van der Waals surface area contributed by atoms with Crippen LogP contribution in [-0.4, -0.2) is 45.2 Å². The number of hydrogen-bond acceptors (Lipinski definition) is 5. The fraction of sp³-hybridized carbons (Fsp3) is 0.680. The van der Waals surface area contributed by atoms with E-state index in [1.165, 1.54) is 37.7 Å². The zero-order valence-electron chi connectivity index (χ0n) is 18.9. The van der Waals surface area contributed by atoms with Crippen LogP contribution in [0.2, 0.25) is 0 Å². The van der Waals surface area contributed by atoms with E-state index in [4.69, 9.17) is 9.72 Å². The van der Waals surface area contributed by atoms with Crippen molar-refractivity contribution < 1.29 is 9.84 Å². The Morgan fingerprint density at radius 2 is 1.74 bits per heavy atom. The second-order valence-electron chi connectivity index (χ2n) is 9.83. The normalized spacial score (nSPS) is 29.2. The molecule has 1 saturated heterocycles. The highest BCUT2D eigenvalue weighted by molar-refractivity contribution is 5.34. The molecule has 6 heteroatoms. The van der Waals surface area contributed by atoms with Crippen LogP contribution >= 0.6 is 0 Å². The van der Waals surface area contributed by atoms with Crippen molar-refractivity contribution in [3.63, 3.8) is 0 Å². The average Bonchev–Trinajstić information content (AvgIpc) is 3.37. The molecule has 3 fully saturated rings. The van der Waals surface area contributed by atoms with Crippen LogP contribution in [0, 0.1) is 11.8 Å². The van der Waals surface area contributed by atoms with Crippen molar-refractivity contribution in [3.05, 3.63) is 35.7 Å². The van der Waals surface area contributed by atoms with Gasteiger partial charge in [0.05, 0.1) is 6.10 Å². The lowest BCUT2D eigenvalue weighted by atomic mass is 9.78. The van der Waals surface area contributed by atoms with E-state index in [9.17, 15) is 5.11 Å². The molecule has 0 bridgehead atoms. The molecule has 5 rings (SSSR count). The quantitative estimate of drug-likeness (QED) is 0.784. The van der Waals surface area contributed by atoms with Gasteiger partial charge in [-0.1, -0.05) is 38.3 Å². The maximum atomic E-state index is 10.8. The molecule has 2 aromatic rings. The third-order valence-corrected chi connectivity index (χ3v) is 7.71. The van der Waals surface area contributed by atoms with Gasteiger partial charge in [0.25, 0.3) is 0 Å². The number of anilines is 1. The number of aliphatic hydroxyl groups is 1. The van der Waals surface area contributed by atoms with Gasteiger partial charge in [0.2, 0.25) is 5.95 Å². The van der Waals surface area contributed by atoms with Gasteiger partial charge < -0.3 is 14.7 Å². The summed E-state index contributed by atoms with van der Waals surface area (Å²) >= 11 is 0. The van der Waals surface area contributed by atoms with Gasteiger partial charge in [0.1, 0.15) is 11.9 Å². The number of aliphatic hydroxyl groups excluding tert-OH is 1. The molecule has 6 nitrogen and oxygen atoms in total. The van der Waals surface area contributed by atoms with Crippen LogP contribution in [0.15, 0.2) is 24.3 Å². The largest absolute Gasteiger partial charge is 0.488 e. The van der Waals surface area contributed by atoms with Crippen LogP contribution in [0.5, 0.6) is 5.75 Å². The lowest BCUT2D eigenvalue weighted by Crippen LogP contribution is -2.42. The SMILES string of the molecule is CCc1nc(N2C[C@H]3C[C@@H](Oc4ccc(C5CCCCC5)cc4)[C@H](O)C[C@H]3C2)n(C)n1. The molecule has 168 valence electrons. The van der Waals surface area contributed by atoms with E-state index in [0.717, 1.165) is 49.9 Å². The maximum Gasteiger partial charge on any atom is 0.223 e. The van der Waals surface area contributed by atoms with Crippen LogP contribution in [-0.2, 0) is 13.5 Å². The summed E-state index contributed by atoms with van der Waals surface area (Å²) in [6.45, 7) is 4.00. The Bertz CT molecular complexity index is 874. The molecular weight excluding hydrogens is 388 g/mol. The molecule has 1 N–H and O–H groups in total. The predicted molar refractivity (Wildman–Crippen MR) is 121 cm³/mol. The number of benzene rings is 1. The highest BCUT2D eigenvalue weighted by atomic mass is 16.5. The molecule has 0 radical (unpaired) electrons. The number of aromatic nitrogens is 3. The lowest BCUT2D eigenvalue weighted by Gasteiger charge is -2.35. The third kappa shape index (κ3) is 4.32. The fourth-order valence-corrected chi connectivity index (χ4v) is 5.96. The molecule has 31 heavy (non-hydrogen) atoms. The van der Waals surface area contributed by atoms with Crippen molar-refractivity contribution in [1.82, 2.24) is 14.8 Å². The lowest BCUT2D eigenvalue weighted by molar-refractivity contribution is -0.0231. The minimum absolute atomic E-state index is 0.132. The third-order valence-electron chi connectivity index (χ3n) is 7.71. The second kappa shape index (κ2) is 8.81. The summed E-state index contributed by atoms with van der Waals surface area (Å²) in [5.74, 6) is 4.46. The Morgan fingerprint density at radius 1 is 1.03 bits per heavy atom. The van der Waals surface area contributed by atoms with Crippen LogP contribution in [0.1, 0.15) is 69.2 Å². The minimum Gasteiger partial charge on any atom is -0.488 e. The molecular formula is C25H36N4O2.